The van der Waals surface area contributed by atoms with Crippen molar-refractivity contribution in [2.24, 2.45) is 0 Å². The summed E-state index contributed by atoms with van der Waals surface area (Å²) >= 11 is 0. The molecule has 0 saturated carbocycles. The van der Waals surface area contributed by atoms with Crippen molar-refractivity contribution in [3.63, 3.8) is 0 Å². The third kappa shape index (κ3) is 4.83. The summed E-state index contributed by atoms with van der Waals surface area (Å²) in [5.41, 5.74) is 17.7. The van der Waals surface area contributed by atoms with Crippen LogP contribution in [0.2, 0.25) is 0 Å². The Bertz CT molecular complexity index is 2820. The first-order valence-electron chi connectivity index (χ1n) is 17.4. The summed E-state index contributed by atoms with van der Waals surface area (Å²) in [6.07, 6.45) is 3.45. The molecule has 3 aromatic heterocycles. The Balaban J connectivity index is 0.968. The maximum absolute atomic E-state index is 5.21. The Morgan fingerprint density at radius 1 is 0.392 bits per heavy atom. The molecule has 9 aromatic rings. The van der Waals surface area contributed by atoms with Crippen molar-refractivity contribution in [2.45, 2.75) is 19.3 Å². The van der Waals surface area contributed by atoms with E-state index in [1.807, 2.05) is 6.07 Å². The highest BCUT2D eigenvalue weighted by Crippen LogP contribution is 2.49. The molecule has 0 amide bonds. The molecule has 1 aliphatic rings. The molecule has 3 heterocycles. The van der Waals surface area contributed by atoms with Crippen LogP contribution < -0.4 is 0 Å². The lowest BCUT2D eigenvalue weighted by Gasteiger charge is -2.22. The predicted molar refractivity (Wildman–Crippen MR) is 209 cm³/mol. The van der Waals surface area contributed by atoms with Crippen LogP contribution in [0.15, 0.2) is 158 Å². The maximum Gasteiger partial charge on any atom is 0.0972 e. The zero-order valence-electron chi connectivity index (χ0n) is 28.3. The lowest BCUT2D eigenvalue weighted by atomic mass is 9.81. The third-order valence-electron chi connectivity index (χ3n) is 10.6. The molecule has 51 heavy (non-hydrogen) atoms. The summed E-state index contributed by atoms with van der Waals surface area (Å²) < 4.78 is 0. The zero-order valence-corrected chi connectivity index (χ0v) is 28.3. The largest absolute Gasteiger partial charge is 0.253 e. The number of hydrogen-bond donors (Lipinski definition) is 0. The van der Waals surface area contributed by atoms with Gasteiger partial charge >= 0.3 is 0 Å². The molecule has 240 valence electrons. The molecule has 4 nitrogen and oxygen atoms in total. The van der Waals surface area contributed by atoms with E-state index in [4.69, 9.17) is 9.97 Å². The van der Waals surface area contributed by atoms with Crippen LogP contribution >= 0.6 is 0 Å². The molecule has 4 heteroatoms. The minimum Gasteiger partial charge on any atom is -0.253 e. The molecule has 0 saturated heterocycles. The van der Waals surface area contributed by atoms with Crippen molar-refractivity contribution in [1.82, 2.24) is 19.9 Å². The van der Waals surface area contributed by atoms with Crippen LogP contribution in [-0.2, 0) is 5.41 Å². The summed E-state index contributed by atoms with van der Waals surface area (Å²) in [7, 11) is 0. The van der Waals surface area contributed by atoms with E-state index in [1.165, 1.54) is 33.4 Å². The first kappa shape index (κ1) is 29.4. The van der Waals surface area contributed by atoms with Gasteiger partial charge in [0, 0.05) is 39.7 Å². The van der Waals surface area contributed by atoms with Crippen LogP contribution in [0.3, 0.4) is 0 Å². The minimum atomic E-state index is -0.0229. The van der Waals surface area contributed by atoms with Gasteiger partial charge in [-0.05, 0) is 74.8 Å². The zero-order chi connectivity index (χ0) is 34.1. The molecular formula is C47H32N4. The SMILES string of the molecule is CC1(C)c2ccccc2-c2ccc(-c3ccc(-c4ccc5ccc6ccc(-c7ccc(-c8ccc9nccnc9c8)cc7)nc6c5n4)cc3)cc21. The molecule has 0 fully saturated rings. The maximum atomic E-state index is 5.21. The van der Waals surface area contributed by atoms with Crippen molar-refractivity contribution < 1.29 is 0 Å². The van der Waals surface area contributed by atoms with Crippen LogP contribution in [0.25, 0.3) is 88.7 Å². The fraction of sp³-hybridized carbons (Fsp3) is 0.0638. The Hall–Kier alpha value is -6.52. The quantitative estimate of drug-likeness (QED) is 0.178. The van der Waals surface area contributed by atoms with Gasteiger partial charge in [-0.3, -0.25) is 9.97 Å². The lowest BCUT2D eigenvalue weighted by Crippen LogP contribution is -2.14. The third-order valence-corrected chi connectivity index (χ3v) is 10.6. The highest BCUT2D eigenvalue weighted by molar-refractivity contribution is 6.04. The fourth-order valence-corrected chi connectivity index (χ4v) is 7.78. The second kappa shape index (κ2) is 11.3. The van der Waals surface area contributed by atoms with E-state index in [-0.39, 0.29) is 5.41 Å². The molecule has 0 N–H and O–H groups in total. The smallest absolute Gasteiger partial charge is 0.0972 e. The average Bonchev–Trinajstić information content (AvgIpc) is 3.42. The number of aromatic nitrogens is 4. The molecule has 0 radical (unpaired) electrons. The molecule has 0 bridgehead atoms. The van der Waals surface area contributed by atoms with Crippen LogP contribution in [0.1, 0.15) is 25.0 Å². The number of nitrogens with zero attached hydrogens (tertiary/aromatic N) is 4. The van der Waals surface area contributed by atoms with E-state index >= 15 is 0 Å². The normalized spacial score (nSPS) is 13.1. The van der Waals surface area contributed by atoms with Gasteiger partial charge in [0.05, 0.1) is 33.5 Å². The molecule has 10 rings (SSSR count). The molecule has 6 aromatic carbocycles. The first-order valence-corrected chi connectivity index (χ1v) is 17.4. The Kier molecular flexibility index (Phi) is 6.49. The Labute approximate surface area is 296 Å². The van der Waals surface area contributed by atoms with Crippen molar-refractivity contribution in [2.75, 3.05) is 0 Å². The van der Waals surface area contributed by atoms with Gasteiger partial charge in [-0.15, -0.1) is 0 Å². The summed E-state index contributed by atoms with van der Waals surface area (Å²) in [6.45, 7) is 4.66. The summed E-state index contributed by atoms with van der Waals surface area (Å²) in [5.74, 6) is 0. The fourth-order valence-electron chi connectivity index (χ4n) is 7.78. The number of rotatable bonds is 4. The molecule has 0 spiro atoms. The highest BCUT2D eigenvalue weighted by atomic mass is 14.8. The van der Waals surface area contributed by atoms with Crippen molar-refractivity contribution in [1.29, 1.82) is 0 Å². The van der Waals surface area contributed by atoms with Gasteiger partial charge in [-0.25, -0.2) is 9.97 Å². The molecular weight excluding hydrogens is 621 g/mol. The van der Waals surface area contributed by atoms with E-state index in [0.717, 1.165) is 66.5 Å². The highest BCUT2D eigenvalue weighted by Gasteiger charge is 2.35. The standard InChI is InChI=1S/C47H32N4/c1-47(2)39-6-4-3-5-37(39)38-21-17-35(27-40(38)47)29-7-11-31(12-8-29)41-22-18-33-15-16-34-19-23-42(51-46(34)45(33)50-41)32-13-9-30(10-14-32)36-20-24-43-44(28-36)49-26-25-48-43/h3-28H,1-2H3. The number of benzene rings is 6. The van der Waals surface area contributed by atoms with Crippen LogP contribution in [0.5, 0.6) is 0 Å². The van der Waals surface area contributed by atoms with E-state index in [1.54, 1.807) is 12.4 Å². The van der Waals surface area contributed by atoms with Crippen molar-refractivity contribution >= 4 is 32.8 Å². The topological polar surface area (TPSA) is 51.6 Å². The molecule has 0 aliphatic heterocycles. The van der Waals surface area contributed by atoms with Crippen LogP contribution in [0, 0.1) is 0 Å². The van der Waals surface area contributed by atoms with Gasteiger partial charge < -0.3 is 0 Å². The van der Waals surface area contributed by atoms with Crippen molar-refractivity contribution in [3.8, 4) is 55.9 Å². The van der Waals surface area contributed by atoms with Gasteiger partial charge in [0.1, 0.15) is 0 Å². The van der Waals surface area contributed by atoms with Gasteiger partial charge in [-0.1, -0.05) is 129 Å². The van der Waals surface area contributed by atoms with E-state index in [9.17, 15) is 0 Å². The number of pyridine rings is 2. The Morgan fingerprint density at radius 3 is 1.53 bits per heavy atom. The molecule has 1 aliphatic carbocycles. The van der Waals surface area contributed by atoms with E-state index in [0.29, 0.717) is 0 Å². The van der Waals surface area contributed by atoms with Gasteiger partial charge in [0.15, 0.2) is 0 Å². The first-order chi connectivity index (χ1) is 25.0. The van der Waals surface area contributed by atoms with Crippen LogP contribution in [-0.4, -0.2) is 19.9 Å². The van der Waals surface area contributed by atoms with Gasteiger partial charge in [-0.2, -0.15) is 0 Å². The van der Waals surface area contributed by atoms with Gasteiger partial charge in [0.2, 0.25) is 0 Å². The molecule has 0 atom stereocenters. The van der Waals surface area contributed by atoms with Gasteiger partial charge in [0.25, 0.3) is 0 Å². The van der Waals surface area contributed by atoms with E-state index in [2.05, 4.69) is 163 Å². The summed E-state index contributed by atoms with van der Waals surface area (Å²) in [6, 6.07) is 52.0. The number of hydrogen-bond acceptors (Lipinski definition) is 4. The minimum absolute atomic E-state index is 0.0229. The predicted octanol–water partition coefficient (Wildman–Crippen LogP) is 11.7. The van der Waals surface area contributed by atoms with Crippen LogP contribution in [0.4, 0.5) is 0 Å². The second-order valence-electron chi connectivity index (χ2n) is 13.9. The van der Waals surface area contributed by atoms with Crippen molar-refractivity contribution in [3.05, 3.63) is 169 Å². The Morgan fingerprint density at radius 2 is 0.882 bits per heavy atom. The lowest BCUT2D eigenvalue weighted by molar-refractivity contribution is 0.660. The summed E-state index contributed by atoms with van der Waals surface area (Å²) in [5, 5.41) is 2.14. The van der Waals surface area contributed by atoms with E-state index < -0.39 is 0 Å². The monoisotopic (exact) mass is 652 g/mol. The second-order valence-corrected chi connectivity index (χ2v) is 13.9. The molecule has 0 unspecified atom stereocenters. The summed E-state index contributed by atoms with van der Waals surface area (Å²) in [4.78, 5) is 19.3. The number of fused-ring (bicyclic) bond motifs is 7. The average molecular weight is 653 g/mol.